The number of fused-ring (bicyclic) bond motifs is 3. The van der Waals surface area contributed by atoms with Crippen LogP contribution in [-0.4, -0.2) is 59.6 Å². The van der Waals surface area contributed by atoms with Crippen molar-refractivity contribution in [2.75, 3.05) is 19.8 Å². The van der Waals surface area contributed by atoms with E-state index in [2.05, 4.69) is 10.6 Å². The second kappa shape index (κ2) is 19.1. The molecule has 3 saturated carbocycles. The average Bonchev–Trinajstić information content (AvgIpc) is 3.21. The maximum Gasteiger partial charge on any atom is 0.506 e. The van der Waals surface area contributed by atoms with Gasteiger partial charge in [-0.1, -0.05) is 83.9 Å². The fraction of sp³-hybridized carbons (Fsp3) is 0.341. The van der Waals surface area contributed by atoms with Gasteiger partial charge in [0.25, 0.3) is 11.8 Å². The molecule has 3 aliphatic carbocycles. The van der Waals surface area contributed by atoms with Gasteiger partial charge in [-0.15, -0.1) is 0 Å². The van der Waals surface area contributed by atoms with Crippen LogP contribution in [0.1, 0.15) is 49.7 Å². The van der Waals surface area contributed by atoms with Crippen molar-refractivity contribution in [2.45, 2.75) is 68.4 Å². The third-order valence-corrected chi connectivity index (χ3v) is 12.4. The molecule has 1 atom stereocenters. The predicted octanol–water partition coefficient (Wildman–Crippen LogP) is 8.80. The Morgan fingerprint density at radius 3 is 1.66 bits per heavy atom. The Morgan fingerprint density at radius 1 is 0.695 bits per heavy atom. The Hall–Kier alpha value is -4.76. The van der Waals surface area contributed by atoms with Crippen LogP contribution in [0.25, 0.3) is 0 Å². The quantitative estimate of drug-likeness (QED) is 0.0608. The third-order valence-electron chi connectivity index (χ3n) is 10.4. The normalized spacial score (nSPS) is 21.0. The van der Waals surface area contributed by atoms with E-state index in [1.54, 1.807) is 48.5 Å². The highest BCUT2D eigenvalue weighted by Crippen LogP contribution is 2.57. The molecule has 13 nitrogen and oxygen atoms in total. The van der Waals surface area contributed by atoms with Gasteiger partial charge in [0.1, 0.15) is 28.7 Å². The molecule has 0 radical (unpaired) electrons. The van der Waals surface area contributed by atoms with Crippen LogP contribution in [-0.2, 0) is 45.7 Å². The number of halogens is 4. The van der Waals surface area contributed by atoms with Crippen molar-refractivity contribution < 1.29 is 60.6 Å². The molecule has 4 aromatic carbocycles. The molecule has 59 heavy (non-hydrogen) atoms. The Bertz CT molecular complexity index is 2120. The van der Waals surface area contributed by atoms with Crippen LogP contribution < -0.4 is 20.1 Å². The summed E-state index contributed by atoms with van der Waals surface area (Å²) in [7, 11) is -4.36. The smallest absolute Gasteiger partial charge is 0.484 e. The minimum atomic E-state index is -4.36. The topological polar surface area (TPSA) is 168 Å². The lowest BCUT2D eigenvalue weighted by molar-refractivity contribution is -0.172. The van der Waals surface area contributed by atoms with Gasteiger partial charge in [0.2, 0.25) is 0 Å². The summed E-state index contributed by atoms with van der Waals surface area (Å²) in [4.78, 5) is 39.5. The van der Waals surface area contributed by atoms with E-state index in [9.17, 15) is 32.8 Å². The van der Waals surface area contributed by atoms with E-state index in [1.165, 1.54) is 24.3 Å². The first-order valence-corrected chi connectivity index (χ1v) is 20.7. The van der Waals surface area contributed by atoms with Gasteiger partial charge in [-0.2, -0.15) is 0 Å². The monoisotopic (exact) mass is 876 g/mol. The van der Waals surface area contributed by atoms with Crippen LogP contribution in [0.15, 0.2) is 97.1 Å². The van der Waals surface area contributed by atoms with Gasteiger partial charge >= 0.3 is 14.0 Å². The van der Waals surface area contributed by atoms with Crippen LogP contribution in [0, 0.1) is 11.6 Å². The number of phosphoric acid groups is 1. The summed E-state index contributed by atoms with van der Waals surface area (Å²) in [6.45, 7) is -1.81. The fourth-order valence-electron chi connectivity index (χ4n) is 7.55. The number of hydrogen-bond donors (Lipinski definition) is 3. The molecule has 3 N–H and O–H groups in total. The molecule has 3 aliphatic rings. The second-order valence-electron chi connectivity index (χ2n) is 14.3. The molecule has 0 saturated heterocycles. The molecule has 18 heteroatoms. The first-order valence-electron chi connectivity index (χ1n) is 18.5. The number of ether oxygens (including phenoxy) is 3. The minimum Gasteiger partial charge on any atom is -0.484 e. The van der Waals surface area contributed by atoms with Crippen LogP contribution in [0.2, 0.25) is 10.0 Å². The third kappa shape index (κ3) is 11.3. The largest absolute Gasteiger partial charge is 0.506 e. The standard InChI is InChI=1S/C41H41Cl2F2N2O11P/c42-32-13-11-30(21-34(32)44)53-25-36(48)46-39-15-17-40(18-16-39,47-37(49)26-54-31-12-14-33(43)35(45)22-31)41(27-39,58-38(50)51)19-20-55-59(52,56-23-28-7-3-1-4-8-28)57-24-29-9-5-2-6-10-29/h1-14,21-22H,15-20,23-27H2,(H,46,48)(H,47,49)(H,50,51). The summed E-state index contributed by atoms with van der Waals surface area (Å²) in [5, 5.41) is 15.9. The van der Waals surface area contributed by atoms with E-state index >= 15 is 0 Å². The lowest BCUT2D eigenvalue weighted by Crippen LogP contribution is -2.77. The van der Waals surface area contributed by atoms with Crippen LogP contribution in [0.4, 0.5) is 13.6 Å². The van der Waals surface area contributed by atoms with Gasteiger partial charge in [-0.3, -0.25) is 23.2 Å². The summed E-state index contributed by atoms with van der Waals surface area (Å²) in [6.07, 6.45) is -1.37. The first kappa shape index (κ1) is 43.8. The molecule has 0 heterocycles. The van der Waals surface area contributed by atoms with Gasteiger partial charge in [0, 0.05) is 30.5 Å². The summed E-state index contributed by atoms with van der Waals surface area (Å²) in [6, 6.07) is 25.2. The Morgan fingerprint density at radius 2 is 1.19 bits per heavy atom. The molecular formula is C41H41Cl2F2N2O11P. The number of nitrogens with one attached hydrogen (secondary N) is 2. The Kier molecular flexibility index (Phi) is 14.2. The summed E-state index contributed by atoms with van der Waals surface area (Å²) in [5.74, 6) is -2.66. The number of amides is 2. The molecule has 314 valence electrons. The fourth-order valence-corrected chi connectivity index (χ4v) is 8.93. The molecule has 0 spiro atoms. The average molecular weight is 878 g/mol. The zero-order valence-electron chi connectivity index (χ0n) is 31.5. The van der Waals surface area contributed by atoms with Crippen LogP contribution >= 0.6 is 31.0 Å². The number of benzene rings is 4. The predicted molar refractivity (Wildman–Crippen MR) is 211 cm³/mol. The highest BCUT2D eigenvalue weighted by atomic mass is 35.5. The van der Waals surface area contributed by atoms with Crippen molar-refractivity contribution in [3.8, 4) is 11.5 Å². The zero-order valence-corrected chi connectivity index (χ0v) is 33.9. The van der Waals surface area contributed by atoms with Gasteiger partial charge in [-0.25, -0.2) is 18.1 Å². The van der Waals surface area contributed by atoms with Crippen LogP contribution in [0.3, 0.4) is 0 Å². The van der Waals surface area contributed by atoms with E-state index < -0.39 is 73.9 Å². The molecule has 7 rings (SSSR count). The number of hydrogen-bond acceptors (Lipinski definition) is 10. The number of carbonyl (C=O) groups excluding carboxylic acids is 2. The van der Waals surface area contributed by atoms with Crippen molar-refractivity contribution in [3.63, 3.8) is 0 Å². The molecule has 2 amide bonds. The lowest BCUT2D eigenvalue weighted by atomic mass is 9.52. The summed E-state index contributed by atoms with van der Waals surface area (Å²) in [5.41, 5.74) is -2.88. The van der Waals surface area contributed by atoms with Crippen LogP contribution in [0.5, 0.6) is 11.5 Å². The maximum atomic E-state index is 14.2. The van der Waals surface area contributed by atoms with Gasteiger partial charge in [-0.05, 0) is 61.1 Å². The number of carbonyl (C=O) groups is 3. The number of phosphoric ester groups is 1. The van der Waals surface area contributed by atoms with Crippen molar-refractivity contribution >= 4 is 49.0 Å². The highest BCUT2D eigenvalue weighted by Gasteiger charge is 2.66. The molecule has 1 unspecified atom stereocenters. The van der Waals surface area contributed by atoms with E-state index in [-0.39, 0.29) is 73.3 Å². The lowest BCUT2D eigenvalue weighted by Gasteiger charge is -2.62. The molecule has 3 fully saturated rings. The van der Waals surface area contributed by atoms with Crippen molar-refractivity contribution in [1.29, 1.82) is 0 Å². The molecule has 0 aliphatic heterocycles. The number of rotatable bonds is 19. The van der Waals surface area contributed by atoms with Crippen molar-refractivity contribution in [3.05, 3.63) is 130 Å². The minimum absolute atomic E-state index is 0.0281. The molecule has 2 bridgehead atoms. The van der Waals surface area contributed by atoms with Gasteiger partial charge < -0.3 is 30.0 Å². The zero-order chi connectivity index (χ0) is 42.1. The Labute approximate surface area is 348 Å². The maximum absolute atomic E-state index is 14.2. The summed E-state index contributed by atoms with van der Waals surface area (Å²) >= 11 is 11.5. The molecule has 4 aromatic rings. The van der Waals surface area contributed by atoms with E-state index in [0.717, 1.165) is 12.1 Å². The van der Waals surface area contributed by atoms with Crippen molar-refractivity contribution in [2.24, 2.45) is 0 Å². The summed E-state index contributed by atoms with van der Waals surface area (Å²) < 4.78 is 76.5. The Balaban J connectivity index is 1.24. The SMILES string of the molecule is O=C(COc1ccc(Cl)c(F)c1)NC12CCC(NC(=O)COc3ccc(Cl)c(F)c3)(CC1)C(CCOP(=O)(OCc1ccccc1)OCc1ccccc1)(OC(=O)O)C2. The molecular weight excluding hydrogens is 836 g/mol. The van der Waals surface area contributed by atoms with E-state index in [4.69, 9.17) is 51.0 Å². The van der Waals surface area contributed by atoms with E-state index in [1.807, 2.05) is 12.1 Å². The van der Waals surface area contributed by atoms with Gasteiger partial charge in [0.05, 0.1) is 35.4 Å². The van der Waals surface area contributed by atoms with E-state index in [0.29, 0.717) is 11.1 Å². The first-order chi connectivity index (χ1) is 28.2. The van der Waals surface area contributed by atoms with Gasteiger partial charge in [0.15, 0.2) is 13.2 Å². The molecule has 0 aromatic heterocycles. The number of carboxylic acid groups (broad SMARTS) is 1. The van der Waals surface area contributed by atoms with Crippen molar-refractivity contribution in [1.82, 2.24) is 10.6 Å². The highest BCUT2D eigenvalue weighted by molar-refractivity contribution is 7.48. The second-order valence-corrected chi connectivity index (χ2v) is 16.8.